The molecule has 1 aliphatic rings. The van der Waals surface area contributed by atoms with E-state index in [0.717, 1.165) is 19.3 Å². The topological polar surface area (TPSA) is 63.4 Å². The molecular weight excluding hydrogens is 298 g/mol. The van der Waals surface area contributed by atoms with Crippen LogP contribution >= 0.6 is 0 Å². The maximum absolute atomic E-state index is 12.8. The molecule has 1 aliphatic heterocycles. The van der Waals surface area contributed by atoms with Crippen molar-refractivity contribution in [1.82, 2.24) is 0 Å². The zero-order chi connectivity index (χ0) is 15.5. The second kappa shape index (κ2) is 6.70. The highest BCUT2D eigenvalue weighted by Gasteiger charge is 2.31. The van der Waals surface area contributed by atoms with E-state index in [2.05, 4.69) is 0 Å². The van der Waals surface area contributed by atoms with E-state index in [4.69, 9.17) is 5.73 Å². The van der Waals surface area contributed by atoms with Gasteiger partial charge in [-0.25, -0.2) is 8.42 Å². The second-order valence-corrected chi connectivity index (χ2v) is 7.19. The summed E-state index contributed by atoms with van der Waals surface area (Å²) >= 11 is 0. The summed E-state index contributed by atoms with van der Waals surface area (Å²) in [6.45, 7) is 1.92. The van der Waals surface area contributed by atoms with Gasteiger partial charge in [-0.2, -0.15) is 8.78 Å². The number of hydrogen-bond donors (Lipinski definition) is 1. The molecular formula is C14H20F2N2O2S. The molecule has 0 spiro atoms. The number of nitrogens with two attached hydrogens (primary N) is 1. The molecule has 1 aromatic rings. The first-order valence-corrected chi connectivity index (χ1v) is 8.57. The SMILES string of the molecule is NCCC1CCCN(c2ccccc2S(=O)(=O)C(F)F)C1. The van der Waals surface area contributed by atoms with E-state index in [0.29, 0.717) is 31.2 Å². The normalized spacial score (nSPS) is 20.0. The van der Waals surface area contributed by atoms with Crippen molar-refractivity contribution in [3.63, 3.8) is 0 Å². The van der Waals surface area contributed by atoms with Gasteiger partial charge in [0.05, 0.1) is 10.6 Å². The van der Waals surface area contributed by atoms with Crippen molar-refractivity contribution in [3.05, 3.63) is 24.3 Å². The van der Waals surface area contributed by atoms with E-state index < -0.39 is 15.6 Å². The minimum Gasteiger partial charge on any atom is -0.370 e. The molecule has 4 nitrogen and oxygen atoms in total. The van der Waals surface area contributed by atoms with Crippen molar-refractivity contribution < 1.29 is 17.2 Å². The maximum atomic E-state index is 12.8. The first kappa shape index (κ1) is 16.2. The maximum Gasteiger partial charge on any atom is 0.341 e. The second-order valence-electron chi connectivity index (χ2n) is 5.31. The fraction of sp³-hybridized carbons (Fsp3) is 0.571. The number of hydrogen-bond acceptors (Lipinski definition) is 4. The molecule has 1 unspecified atom stereocenters. The molecule has 118 valence electrons. The lowest BCUT2D eigenvalue weighted by molar-refractivity contribution is 0.234. The molecule has 1 heterocycles. The molecule has 1 aromatic carbocycles. The molecule has 0 bridgehead atoms. The van der Waals surface area contributed by atoms with Crippen LogP contribution in [0.1, 0.15) is 19.3 Å². The van der Waals surface area contributed by atoms with Crippen LogP contribution in [0.5, 0.6) is 0 Å². The summed E-state index contributed by atoms with van der Waals surface area (Å²) in [5.74, 6) is -3.02. The van der Waals surface area contributed by atoms with E-state index in [-0.39, 0.29) is 4.90 Å². The fourth-order valence-corrected chi connectivity index (χ4v) is 3.76. The Hall–Kier alpha value is -1.21. The van der Waals surface area contributed by atoms with Gasteiger partial charge >= 0.3 is 5.76 Å². The van der Waals surface area contributed by atoms with Gasteiger partial charge in [0.1, 0.15) is 0 Å². The Morgan fingerprint density at radius 3 is 2.71 bits per heavy atom. The number of rotatable bonds is 5. The van der Waals surface area contributed by atoms with Crippen molar-refractivity contribution in [2.75, 3.05) is 24.5 Å². The van der Waals surface area contributed by atoms with Crippen LogP contribution < -0.4 is 10.6 Å². The first-order valence-electron chi connectivity index (χ1n) is 7.03. The number of anilines is 1. The standard InChI is InChI=1S/C14H20F2N2O2S/c15-14(16)21(19,20)13-6-2-1-5-12(13)18-9-3-4-11(10-18)7-8-17/h1-2,5-6,11,14H,3-4,7-10,17H2. The lowest BCUT2D eigenvalue weighted by Crippen LogP contribution is -2.37. The zero-order valence-electron chi connectivity index (χ0n) is 11.7. The highest BCUT2D eigenvalue weighted by Crippen LogP contribution is 2.32. The molecule has 0 aliphatic carbocycles. The third-order valence-electron chi connectivity index (χ3n) is 3.84. The monoisotopic (exact) mass is 318 g/mol. The number of halogens is 2. The average Bonchev–Trinajstić information content (AvgIpc) is 2.48. The molecule has 21 heavy (non-hydrogen) atoms. The number of alkyl halides is 2. The van der Waals surface area contributed by atoms with Crippen molar-refractivity contribution in [3.8, 4) is 0 Å². The molecule has 2 N–H and O–H groups in total. The van der Waals surface area contributed by atoms with Gasteiger partial charge in [0.25, 0.3) is 0 Å². The third-order valence-corrected chi connectivity index (χ3v) is 5.27. The third kappa shape index (κ3) is 3.52. The van der Waals surface area contributed by atoms with Crippen LogP contribution in [-0.2, 0) is 9.84 Å². The predicted octanol–water partition coefficient (Wildman–Crippen LogP) is 2.25. The van der Waals surface area contributed by atoms with E-state index in [1.54, 1.807) is 12.1 Å². The Balaban J connectivity index is 2.32. The highest BCUT2D eigenvalue weighted by atomic mass is 32.2. The van der Waals surface area contributed by atoms with Crippen LogP contribution in [-0.4, -0.2) is 33.8 Å². The van der Waals surface area contributed by atoms with Gasteiger partial charge in [-0.1, -0.05) is 12.1 Å². The van der Waals surface area contributed by atoms with Gasteiger partial charge in [0, 0.05) is 13.1 Å². The summed E-state index contributed by atoms with van der Waals surface area (Å²) in [6.07, 6.45) is 2.81. The first-order chi connectivity index (χ1) is 9.96. The summed E-state index contributed by atoms with van der Waals surface area (Å²) in [4.78, 5) is 1.60. The molecule has 0 amide bonds. The molecule has 0 radical (unpaired) electrons. The van der Waals surface area contributed by atoms with Crippen molar-refractivity contribution in [1.29, 1.82) is 0 Å². The summed E-state index contributed by atoms with van der Waals surface area (Å²) in [7, 11) is -4.59. The van der Waals surface area contributed by atoms with Crippen LogP contribution in [0.15, 0.2) is 29.2 Å². The van der Waals surface area contributed by atoms with E-state index in [1.807, 2.05) is 4.90 Å². The quantitative estimate of drug-likeness (QED) is 0.904. The Morgan fingerprint density at radius 2 is 2.05 bits per heavy atom. The Morgan fingerprint density at radius 1 is 1.33 bits per heavy atom. The lowest BCUT2D eigenvalue weighted by atomic mass is 9.94. The summed E-state index contributed by atoms with van der Waals surface area (Å²) < 4.78 is 49.3. The number of benzene rings is 1. The number of para-hydroxylation sites is 1. The van der Waals surface area contributed by atoms with E-state index in [9.17, 15) is 17.2 Å². The van der Waals surface area contributed by atoms with Crippen LogP contribution in [0, 0.1) is 5.92 Å². The van der Waals surface area contributed by atoms with Gasteiger partial charge in [0.2, 0.25) is 9.84 Å². The summed E-state index contributed by atoms with van der Waals surface area (Å²) in [5, 5.41) is 0. The number of piperidine rings is 1. The smallest absolute Gasteiger partial charge is 0.341 e. The number of sulfone groups is 1. The minimum atomic E-state index is -4.59. The predicted molar refractivity (Wildman–Crippen MR) is 78.2 cm³/mol. The average molecular weight is 318 g/mol. The molecule has 2 rings (SSSR count). The van der Waals surface area contributed by atoms with Crippen molar-refractivity contribution in [2.45, 2.75) is 29.9 Å². The molecule has 1 atom stereocenters. The van der Waals surface area contributed by atoms with Gasteiger partial charge in [-0.3, -0.25) is 0 Å². The van der Waals surface area contributed by atoms with Gasteiger partial charge < -0.3 is 10.6 Å². The van der Waals surface area contributed by atoms with Crippen LogP contribution in [0.3, 0.4) is 0 Å². The molecule has 1 saturated heterocycles. The van der Waals surface area contributed by atoms with E-state index >= 15 is 0 Å². The fourth-order valence-electron chi connectivity index (χ4n) is 2.81. The molecule has 7 heteroatoms. The number of nitrogens with zero attached hydrogens (tertiary/aromatic N) is 1. The van der Waals surface area contributed by atoms with Gasteiger partial charge in [-0.15, -0.1) is 0 Å². The molecule has 0 saturated carbocycles. The summed E-state index contributed by atoms with van der Waals surface area (Å²) in [5.41, 5.74) is 5.94. The van der Waals surface area contributed by atoms with Crippen molar-refractivity contribution >= 4 is 15.5 Å². The van der Waals surface area contributed by atoms with Gasteiger partial charge in [-0.05, 0) is 43.9 Å². The van der Waals surface area contributed by atoms with Crippen LogP contribution in [0.4, 0.5) is 14.5 Å². The Kier molecular flexibility index (Phi) is 5.16. The largest absolute Gasteiger partial charge is 0.370 e. The van der Waals surface area contributed by atoms with Crippen LogP contribution in [0.2, 0.25) is 0 Å². The Bertz CT molecular complexity index is 576. The van der Waals surface area contributed by atoms with Crippen LogP contribution in [0.25, 0.3) is 0 Å². The Labute approximate surface area is 123 Å². The minimum absolute atomic E-state index is 0.284. The summed E-state index contributed by atoms with van der Waals surface area (Å²) in [6, 6.07) is 6.00. The van der Waals surface area contributed by atoms with Crippen molar-refractivity contribution in [2.24, 2.45) is 11.7 Å². The zero-order valence-corrected chi connectivity index (χ0v) is 12.5. The molecule has 1 fully saturated rings. The lowest BCUT2D eigenvalue weighted by Gasteiger charge is -2.35. The van der Waals surface area contributed by atoms with E-state index in [1.165, 1.54) is 12.1 Å². The highest BCUT2D eigenvalue weighted by molar-refractivity contribution is 7.91. The van der Waals surface area contributed by atoms with Gasteiger partial charge in [0.15, 0.2) is 0 Å². The molecule has 0 aromatic heterocycles.